The number of ether oxygens (including phenoxy) is 1. The first-order chi connectivity index (χ1) is 17.5. The third-order valence-corrected chi connectivity index (χ3v) is 7.34. The number of carbonyl (C=O) groups excluding carboxylic acids is 1. The normalized spacial score (nSPS) is 18.8. The van der Waals surface area contributed by atoms with Crippen LogP contribution in [0.4, 0.5) is 4.39 Å². The van der Waals surface area contributed by atoms with Gasteiger partial charge < -0.3 is 4.74 Å². The average Bonchev–Trinajstić information content (AvgIpc) is 2.90. The number of rotatable bonds is 9. The Hall–Kier alpha value is -3.20. The van der Waals surface area contributed by atoms with Gasteiger partial charge in [-0.05, 0) is 78.8 Å². The number of hydrogen-bond donors (Lipinski definition) is 0. The van der Waals surface area contributed by atoms with E-state index >= 15 is 0 Å². The molecule has 0 heterocycles. The van der Waals surface area contributed by atoms with Gasteiger partial charge >= 0.3 is 5.97 Å². The van der Waals surface area contributed by atoms with Gasteiger partial charge in [-0.25, -0.2) is 9.18 Å². The SMILES string of the molecule is CCCC1CCC(OC(=O)c2ccc(C=Cc3ccc(C[C@@H](C)c4ccccc4)cc3F)cc2)CC1. The van der Waals surface area contributed by atoms with Crippen LogP contribution in [0.1, 0.15) is 90.9 Å². The Morgan fingerprint density at radius 3 is 2.36 bits per heavy atom. The quantitative estimate of drug-likeness (QED) is 0.224. The molecule has 3 heteroatoms. The predicted octanol–water partition coefficient (Wildman–Crippen LogP) is 8.86. The highest BCUT2D eigenvalue weighted by Crippen LogP contribution is 2.30. The Kier molecular flexibility index (Phi) is 9.11. The van der Waals surface area contributed by atoms with Crippen LogP contribution in [-0.4, -0.2) is 12.1 Å². The second kappa shape index (κ2) is 12.7. The fourth-order valence-corrected chi connectivity index (χ4v) is 5.17. The van der Waals surface area contributed by atoms with E-state index in [-0.39, 0.29) is 17.9 Å². The summed E-state index contributed by atoms with van der Waals surface area (Å²) in [5, 5.41) is 0. The maximum absolute atomic E-state index is 14.8. The van der Waals surface area contributed by atoms with Crippen molar-refractivity contribution in [2.75, 3.05) is 0 Å². The molecule has 1 fully saturated rings. The molecule has 0 unspecified atom stereocenters. The lowest BCUT2D eigenvalue weighted by molar-refractivity contribution is 0.0161. The van der Waals surface area contributed by atoms with Crippen LogP contribution in [0.25, 0.3) is 12.2 Å². The Bertz CT molecular complexity index is 1140. The number of esters is 1. The molecule has 1 saturated carbocycles. The van der Waals surface area contributed by atoms with Crippen molar-refractivity contribution < 1.29 is 13.9 Å². The molecule has 4 rings (SSSR count). The van der Waals surface area contributed by atoms with E-state index in [2.05, 4.69) is 26.0 Å². The molecule has 0 N–H and O–H groups in total. The van der Waals surface area contributed by atoms with Crippen LogP contribution in [0.5, 0.6) is 0 Å². The summed E-state index contributed by atoms with van der Waals surface area (Å²) in [6.45, 7) is 4.39. The molecule has 0 aliphatic heterocycles. The van der Waals surface area contributed by atoms with Gasteiger partial charge in [0.15, 0.2) is 0 Å². The second-order valence-corrected chi connectivity index (χ2v) is 10.2. The van der Waals surface area contributed by atoms with Crippen molar-refractivity contribution in [1.82, 2.24) is 0 Å². The van der Waals surface area contributed by atoms with Crippen molar-refractivity contribution in [2.45, 2.75) is 70.8 Å². The molecule has 2 nitrogen and oxygen atoms in total. The standard InChI is InChI=1S/C33H37FO2/c1-3-7-25-14-20-31(21-15-25)36-33(35)30-18-11-26(12-19-30)10-16-29-17-13-27(23-32(29)34)22-24(2)28-8-5-4-6-9-28/h4-6,8-13,16-19,23-25,31H,3,7,14-15,20-22H2,1-2H3/t24-,25?,31?/m1/s1. The number of hydrogen-bond acceptors (Lipinski definition) is 2. The van der Waals surface area contributed by atoms with Crippen LogP contribution >= 0.6 is 0 Å². The van der Waals surface area contributed by atoms with Crippen molar-refractivity contribution in [3.05, 3.63) is 106 Å². The Labute approximate surface area is 215 Å². The predicted molar refractivity (Wildman–Crippen MR) is 146 cm³/mol. The molecule has 0 spiro atoms. The largest absolute Gasteiger partial charge is 0.459 e. The summed E-state index contributed by atoms with van der Waals surface area (Å²) in [5.74, 6) is 0.636. The molecule has 0 bridgehead atoms. The summed E-state index contributed by atoms with van der Waals surface area (Å²) in [5.41, 5.74) is 4.27. The first-order valence-corrected chi connectivity index (χ1v) is 13.3. The summed E-state index contributed by atoms with van der Waals surface area (Å²) in [6.07, 6.45) is 11.2. The second-order valence-electron chi connectivity index (χ2n) is 10.2. The van der Waals surface area contributed by atoms with Gasteiger partial charge in [0.1, 0.15) is 11.9 Å². The summed E-state index contributed by atoms with van der Waals surface area (Å²) < 4.78 is 20.5. The molecule has 0 aromatic heterocycles. The summed E-state index contributed by atoms with van der Waals surface area (Å²) in [7, 11) is 0. The molecule has 3 aromatic carbocycles. The lowest BCUT2D eigenvalue weighted by Crippen LogP contribution is -2.24. The van der Waals surface area contributed by atoms with Gasteiger partial charge in [-0.3, -0.25) is 0 Å². The zero-order valence-corrected chi connectivity index (χ0v) is 21.5. The van der Waals surface area contributed by atoms with Crippen LogP contribution < -0.4 is 0 Å². The molecule has 1 aliphatic rings. The highest BCUT2D eigenvalue weighted by Gasteiger charge is 2.23. The van der Waals surface area contributed by atoms with Gasteiger partial charge in [0.2, 0.25) is 0 Å². The van der Waals surface area contributed by atoms with E-state index in [1.165, 1.54) is 18.4 Å². The van der Waals surface area contributed by atoms with Gasteiger partial charge in [-0.2, -0.15) is 0 Å². The lowest BCUT2D eigenvalue weighted by atomic mass is 9.85. The molecular weight excluding hydrogens is 447 g/mol. The van der Waals surface area contributed by atoms with Gasteiger partial charge in [0, 0.05) is 5.56 Å². The molecule has 0 amide bonds. The highest BCUT2D eigenvalue weighted by atomic mass is 19.1. The molecule has 1 atom stereocenters. The highest BCUT2D eigenvalue weighted by molar-refractivity contribution is 5.90. The van der Waals surface area contributed by atoms with E-state index in [0.29, 0.717) is 17.0 Å². The molecule has 188 valence electrons. The van der Waals surface area contributed by atoms with E-state index < -0.39 is 0 Å². The minimum absolute atomic E-state index is 0.0341. The zero-order valence-electron chi connectivity index (χ0n) is 21.5. The van der Waals surface area contributed by atoms with Crippen LogP contribution in [-0.2, 0) is 11.2 Å². The Morgan fingerprint density at radius 1 is 0.972 bits per heavy atom. The van der Waals surface area contributed by atoms with Gasteiger partial charge in [0.25, 0.3) is 0 Å². The first-order valence-electron chi connectivity index (χ1n) is 13.3. The van der Waals surface area contributed by atoms with Crippen molar-refractivity contribution in [3.63, 3.8) is 0 Å². The van der Waals surface area contributed by atoms with Crippen LogP contribution in [0.2, 0.25) is 0 Å². The number of benzene rings is 3. The van der Waals surface area contributed by atoms with E-state index in [1.54, 1.807) is 24.3 Å². The topological polar surface area (TPSA) is 26.3 Å². The van der Waals surface area contributed by atoms with Gasteiger partial charge in [-0.15, -0.1) is 0 Å². The first kappa shape index (κ1) is 25.9. The smallest absolute Gasteiger partial charge is 0.338 e. The van der Waals surface area contributed by atoms with E-state index in [4.69, 9.17) is 4.74 Å². The summed E-state index contributed by atoms with van der Waals surface area (Å²) >= 11 is 0. The minimum Gasteiger partial charge on any atom is -0.459 e. The Balaban J connectivity index is 1.31. The van der Waals surface area contributed by atoms with E-state index in [0.717, 1.165) is 49.1 Å². The monoisotopic (exact) mass is 484 g/mol. The van der Waals surface area contributed by atoms with E-state index in [1.807, 2.05) is 48.5 Å². The fraction of sp³-hybridized carbons (Fsp3) is 0.364. The third kappa shape index (κ3) is 7.16. The number of halogens is 1. The van der Waals surface area contributed by atoms with Crippen molar-refractivity contribution in [3.8, 4) is 0 Å². The van der Waals surface area contributed by atoms with Crippen molar-refractivity contribution >= 4 is 18.1 Å². The minimum atomic E-state index is -0.254. The maximum Gasteiger partial charge on any atom is 0.338 e. The third-order valence-electron chi connectivity index (χ3n) is 7.34. The molecule has 0 saturated heterocycles. The summed E-state index contributed by atoms with van der Waals surface area (Å²) in [6, 6.07) is 23.1. The van der Waals surface area contributed by atoms with Crippen molar-refractivity contribution in [1.29, 1.82) is 0 Å². The average molecular weight is 485 g/mol. The zero-order chi connectivity index (χ0) is 25.3. The van der Waals surface area contributed by atoms with Crippen LogP contribution in [0.15, 0.2) is 72.8 Å². The Morgan fingerprint density at radius 2 is 1.69 bits per heavy atom. The van der Waals surface area contributed by atoms with Gasteiger partial charge in [0.05, 0.1) is 5.56 Å². The fourth-order valence-electron chi connectivity index (χ4n) is 5.17. The van der Waals surface area contributed by atoms with Crippen LogP contribution in [0.3, 0.4) is 0 Å². The van der Waals surface area contributed by atoms with E-state index in [9.17, 15) is 9.18 Å². The van der Waals surface area contributed by atoms with Crippen LogP contribution in [0, 0.1) is 11.7 Å². The number of carbonyl (C=O) groups is 1. The lowest BCUT2D eigenvalue weighted by Gasteiger charge is -2.28. The molecule has 0 radical (unpaired) electrons. The maximum atomic E-state index is 14.8. The molecule has 36 heavy (non-hydrogen) atoms. The van der Waals surface area contributed by atoms with Gasteiger partial charge in [-0.1, -0.05) is 93.4 Å². The molecular formula is C33H37FO2. The molecule has 3 aromatic rings. The molecule has 1 aliphatic carbocycles. The summed E-state index contributed by atoms with van der Waals surface area (Å²) in [4.78, 5) is 12.6. The van der Waals surface area contributed by atoms with Crippen molar-refractivity contribution in [2.24, 2.45) is 5.92 Å².